The number of ketones is 1. The number of halogens is 3. The number of anilines is 1. The zero-order valence-corrected chi connectivity index (χ0v) is 13.3. The number of hydrogen-bond acceptors (Lipinski definition) is 6. The molecule has 10 heteroatoms. The van der Waals surface area contributed by atoms with Crippen LogP contribution in [0.2, 0.25) is 0 Å². The van der Waals surface area contributed by atoms with Crippen molar-refractivity contribution in [2.45, 2.75) is 6.18 Å². The van der Waals surface area contributed by atoms with E-state index in [1.807, 2.05) is 0 Å². The minimum Gasteiger partial charge on any atom is -0.497 e. The maximum atomic E-state index is 12.9. The SMILES string of the molecule is COc1ccc(C(=O)COC(=O)c2c(C(F)(F)F)nn(C)c2N)cc1. The molecule has 2 N–H and O–H groups in total. The molecule has 7 nitrogen and oxygen atoms in total. The van der Waals surface area contributed by atoms with Gasteiger partial charge in [0.05, 0.1) is 7.11 Å². The van der Waals surface area contributed by atoms with Gasteiger partial charge in [0.1, 0.15) is 17.1 Å². The zero-order valence-electron chi connectivity index (χ0n) is 13.3. The van der Waals surface area contributed by atoms with E-state index in [0.717, 1.165) is 7.05 Å². The Morgan fingerprint density at radius 1 is 1.24 bits per heavy atom. The molecule has 1 heterocycles. The second kappa shape index (κ2) is 6.83. The first kappa shape index (κ1) is 18.3. The van der Waals surface area contributed by atoms with Crippen LogP contribution < -0.4 is 10.5 Å². The van der Waals surface area contributed by atoms with Crippen molar-refractivity contribution in [3.8, 4) is 5.75 Å². The van der Waals surface area contributed by atoms with Gasteiger partial charge in [-0.25, -0.2) is 4.79 Å². The summed E-state index contributed by atoms with van der Waals surface area (Å²) in [6.07, 6.45) is -4.89. The molecule has 0 radical (unpaired) electrons. The number of aryl methyl sites for hydroxylation is 1. The summed E-state index contributed by atoms with van der Waals surface area (Å²) < 4.78 is 49.1. The summed E-state index contributed by atoms with van der Waals surface area (Å²) in [6.45, 7) is -0.739. The van der Waals surface area contributed by atoms with Crippen LogP contribution in [0.15, 0.2) is 24.3 Å². The molecule has 0 aliphatic heterocycles. The number of carbonyl (C=O) groups excluding carboxylic acids is 2. The van der Waals surface area contributed by atoms with Crippen LogP contribution >= 0.6 is 0 Å². The quantitative estimate of drug-likeness (QED) is 0.650. The summed E-state index contributed by atoms with van der Waals surface area (Å²) in [5.41, 5.74) is 3.28. The predicted molar refractivity (Wildman–Crippen MR) is 80.2 cm³/mol. The van der Waals surface area contributed by atoms with Gasteiger partial charge in [0.25, 0.3) is 0 Å². The summed E-state index contributed by atoms with van der Waals surface area (Å²) in [5, 5.41) is 3.17. The lowest BCUT2D eigenvalue weighted by atomic mass is 10.1. The van der Waals surface area contributed by atoms with Gasteiger partial charge in [0, 0.05) is 12.6 Å². The monoisotopic (exact) mass is 357 g/mol. The van der Waals surface area contributed by atoms with Gasteiger partial charge < -0.3 is 15.2 Å². The molecular weight excluding hydrogens is 343 g/mol. The number of carbonyl (C=O) groups is 2. The molecule has 0 atom stereocenters. The first-order valence-electron chi connectivity index (χ1n) is 6.89. The van der Waals surface area contributed by atoms with E-state index in [4.69, 9.17) is 10.5 Å². The van der Waals surface area contributed by atoms with Crippen molar-refractivity contribution in [2.75, 3.05) is 19.5 Å². The number of benzene rings is 1. The number of Topliss-reactive ketones (excluding diaryl/α,β-unsaturated/α-hetero) is 1. The van der Waals surface area contributed by atoms with E-state index in [1.54, 1.807) is 0 Å². The first-order chi connectivity index (χ1) is 11.6. The molecule has 1 aromatic heterocycles. The minimum absolute atomic E-state index is 0.212. The maximum Gasteiger partial charge on any atom is 0.436 e. The van der Waals surface area contributed by atoms with Crippen LogP contribution in [0.5, 0.6) is 5.75 Å². The van der Waals surface area contributed by atoms with Crippen molar-refractivity contribution < 1.29 is 32.2 Å². The molecule has 2 rings (SSSR count). The lowest BCUT2D eigenvalue weighted by molar-refractivity contribution is -0.142. The van der Waals surface area contributed by atoms with E-state index in [0.29, 0.717) is 10.4 Å². The van der Waals surface area contributed by atoms with Gasteiger partial charge >= 0.3 is 12.1 Å². The molecule has 0 saturated carbocycles. The number of alkyl halides is 3. The maximum absolute atomic E-state index is 12.9. The highest BCUT2D eigenvalue weighted by molar-refractivity contribution is 6.01. The van der Waals surface area contributed by atoms with E-state index in [1.165, 1.54) is 31.4 Å². The fourth-order valence-electron chi connectivity index (χ4n) is 2.00. The standard InChI is InChI=1S/C15H14F3N3O4/c1-21-13(19)11(12(20-21)15(16,17)18)14(23)25-7-10(22)8-3-5-9(24-2)6-4-8/h3-6H,7,19H2,1-2H3. The van der Waals surface area contributed by atoms with Crippen LogP contribution in [0.25, 0.3) is 0 Å². The van der Waals surface area contributed by atoms with Gasteiger partial charge in [-0.1, -0.05) is 0 Å². The Hall–Kier alpha value is -3.04. The molecule has 134 valence electrons. The van der Waals surface area contributed by atoms with Crippen molar-refractivity contribution >= 4 is 17.6 Å². The number of methoxy groups -OCH3 is 1. The smallest absolute Gasteiger partial charge is 0.436 e. The fraction of sp³-hybridized carbons (Fsp3) is 0.267. The fourth-order valence-corrected chi connectivity index (χ4v) is 2.00. The second-order valence-electron chi connectivity index (χ2n) is 4.96. The number of rotatable bonds is 5. The van der Waals surface area contributed by atoms with Crippen molar-refractivity contribution in [1.82, 2.24) is 9.78 Å². The van der Waals surface area contributed by atoms with Gasteiger partial charge in [0.2, 0.25) is 0 Å². The Balaban J connectivity index is 2.13. The van der Waals surface area contributed by atoms with E-state index in [9.17, 15) is 22.8 Å². The van der Waals surface area contributed by atoms with Gasteiger partial charge in [-0.3, -0.25) is 9.48 Å². The molecule has 25 heavy (non-hydrogen) atoms. The number of hydrogen-bond donors (Lipinski definition) is 1. The van der Waals surface area contributed by atoms with Crippen LogP contribution in [-0.4, -0.2) is 35.2 Å². The Bertz CT molecular complexity index is 798. The van der Waals surface area contributed by atoms with E-state index < -0.39 is 41.6 Å². The van der Waals surface area contributed by atoms with Crippen molar-refractivity contribution in [2.24, 2.45) is 7.05 Å². The van der Waals surface area contributed by atoms with Crippen LogP contribution in [0.4, 0.5) is 19.0 Å². The van der Waals surface area contributed by atoms with E-state index in [2.05, 4.69) is 9.84 Å². The number of aromatic nitrogens is 2. The molecule has 0 spiro atoms. The lowest BCUT2D eigenvalue weighted by Gasteiger charge is -2.07. The minimum atomic E-state index is -4.89. The molecule has 0 bridgehead atoms. The summed E-state index contributed by atoms with van der Waals surface area (Å²) in [5.74, 6) is -1.95. The van der Waals surface area contributed by atoms with Gasteiger partial charge in [-0.2, -0.15) is 18.3 Å². The predicted octanol–water partition coefficient (Wildman–Crippen LogP) is 2.07. The number of nitrogen functional groups attached to an aromatic ring is 1. The number of ether oxygens (including phenoxy) is 2. The Labute approximate surface area is 140 Å². The molecular formula is C15H14F3N3O4. The highest BCUT2D eigenvalue weighted by Crippen LogP contribution is 2.33. The Kier molecular flexibility index (Phi) is 5.00. The van der Waals surface area contributed by atoms with Crippen LogP contribution in [0, 0.1) is 0 Å². The summed E-state index contributed by atoms with van der Waals surface area (Å²) in [6, 6.07) is 5.93. The summed E-state index contributed by atoms with van der Waals surface area (Å²) in [4.78, 5) is 23.9. The average Bonchev–Trinajstić information content (AvgIpc) is 2.88. The first-order valence-corrected chi connectivity index (χ1v) is 6.89. The zero-order chi connectivity index (χ0) is 18.8. The third-order valence-electron chi connectivity index (χ3n) is 3.31. The molecule has 0 amide bonds. The average molecular weight is 357 g/mol. The van der Waals surface area contributed by atoms with Crippen LogP contribution in [0.3, 0.4) is 0 Å². The summed E-state index contributed by atoms with van der Waals surface area (Å²) in [7, 11) is 2.61. The molecule has 1 aromatic carbocycles. The van der Waals surface area contributed by atoms with E-state index in [-0.39, 0.29) is 5.56 Å². The third kappa shape index (κ3) is 3.90. The van der Waals surface area contributed by atoms with Gasteiger partial charge in [-0.05, 0) is 24.3 Å². The molecule has 0 aliphatic carbocycles. The lowest BCUT2D eigenvalue weighted by Crippen LogP contribution is -2.18. The molecule has 0 aliphatic rings. The summed E-state index contributed by atoms with van der Waals surface area (Å²) >= 11 is 0. The van der Waals surface area contributed by atoms with Crippen LogP contribution in [0.1, 0.15) is 26.4 Å². The van der Waals surface area contributed by atoms with Crippen molar-refractivity contribution in [3.63, 3.8) is 0 Å². The van der Waals surface area contributed by atoms with Crippen molar-refractivity contribution in [3.05, 3.63) is 41.1 Å². The number of esters is 1. The second-order valence-corrected chi connectivity index (χ2v) is 4.96. The van der Waals surface area contributed by atoms with Gasteiger partial charge in [0.15, 0.2) is 18.1 Å². The highest BCUT2D eigenvalue weighted by Gasteiger charge is 2.41. The molecule has 0 unspecified atom stereocenters. The number of nitrogens with two attached hydrogens (primary N) is 1. The number of nitrogens with zero attached hydrogens (tertiary/aromatic N) is 2. The Morgan fingerprint density at radius 3 is 2.36 bits per heavy atom. The van der Waals surface area contributed by atoms with E-state index >= 15 is 0 Å². The largest absolute Gasteiger partial charge is 0.497 e. The molecule has 0 saturated heterocycles. The normalized spacial score (nSPS) is 11.2. The Morgan fingerprint density at radius 2 is 1.84 bits per heavy atom. The molecule has 2 aromatic rings. The van der Waals surface area contributed by atoms with Crippen molar-refractivity contribution in [1.29, 1.82) is 0 Å². The van der Waals surface area contributed by atoms with Crippen LogP contribution in [-0.2, 0) is 18.0 Å². The highest BCUT2D eigenvalue weighted by atomic mass is 19.4. The topological polar surface area (TPSA) is 96.4 Å². The molecule has 0 fully saturated rings. The van der Waals surface area contributed by atoms with Gasteiger partial charge in [-0.15, -0.1) is 0 Å². The third-order valence-corrected chi connectivity index (χ3v) is 3.31.